The second-order valence-electron chi connectivity index (χ2n) is 11.0. The summed E-state index contributed by atoms with van der Waals surface area (Å²) in [7, 11) is 0. The lowest BCUT2D eigenvalue weighted by Gasteiger charge is -2.33. The smallest absolute Gasteiger partial charge is 0.410 e. The first kappa shape index (κ1) is 37.4. The van der Waals surface area contributed by atoms with Crippen LogP contribution in [0.3, 0.4) is 0 Å². The first-order chi connectivity index (χ1) is 18.9. The standard InChI is InChI=1S/C29H48N2O7.C2H6/c1-8-10-11-13-22(9-2)16-24(30-27(34)37-26(19-32)23-14-12-15-36-20-23)25(33)18-31(17-21(3)4)28(35)38-29(5,6)7;1-2/h8-10,13,21,23-26,32-33H,1,12,14-20H2,2-7H3,(H,30,34);1-2H3/b22-9+;. The summed E-state index contributed by atoms with van der Waals surface area (Å²) >= 11 is 0. The van der Waals surface area contributed by atoms with Gasteiger partial charge in [-0.25, -0.2) is 9.59 Å². The van der Waals surface area contributed by atoms with Crippen LogP contribution in [0.5, 0.6) is 0 Å². The second kappa shape index (κ2) is 20.3. The van der Waals surface area contributed by atoms with Crippen molar-refractivity contribution in [2.24, 2.45) is 11.8 Å². The van der Waals surface area contributed by atoms with Gasteiger partial charge in [-0.15, -0.1) is 5.73 Å². The van der Waals surface area contributed by atoms with Crippen LogP contribution in [0.4, 0.5) is 9.59 Å². The van der Waals surface area contributed by atoms with Gasteiger partial charge in [0.1, 0.15) is 11.7 Å². The van der Waals surface area contributed by atoms with Crippen LogP contribution in [0.1, 0.15) is 74.7 Å². The van der Waals surface area contributed by atoms with Crippen molar-refractivity contribution >= 4 is 12.2 Å². The van der Waals surface area contributed by atoms with E-state index < -0.39 is 36.0 Å². The van der Waals surface area contributed by atoms with Crippen molar-refractivity contribution in [1.29, 1.82) is 0 Å². The van der Waals surface area contributed by atoms with E-state index in [-0.39, 0.29) is 31.4 Å². The van der Waals surface area contributed by atoms with Crippen LogP contribution in [-0.2, 0) is 14.2 Å². The van der Waals surface area contributed by atoms with Crippen LogP contribution in [0.2, 0.25) is 0 Å². The molecule has 1 rings (SSSR count). The van der Waals surface area contributed by atoms with Gasteiger partial charge in [0, 0.05) is 19.1 Å². The molecule has 1 aliphatic rings. The third-order valence-electron chi connectivity index (χ3n) is 5.88. The monoisotopic (exact) mass is 566 g/mol. The molecule has 0 aromatic heterocycles. The van der Waals surface area contributed by atoms with Gasteiger partial charge in [-0.2, -0.15) is 0 Å². The Balaban J connectivity index is 0.00000742. The van der Waals surface area contributed by atoms with Crippen LogP contribution in [0, 0.1) is 11.8 Å². The molecule has 1 fully saturated rings. The van der Waals surface area contributed by atoms with Gasteiger partial charge in [-0.1, -0.05) is 46.4 Å². The number of aliphatic hydroxyl groups excluding tert-OH is 2. The lowest BCUT2D eigenvalue weighted by molar-refractivity contribution is -0.0396. The molecular formula is C31H54N2O7. The molecule has 1 heterocycles. The fourth-order valence-electron chi connectivity index (χ4n) is 4.03. The Hall–Kier alpha value is -2.58. The number of nitrogens with one attached hydrogen (secondary N) is 1. The number of alkyl carbamates (subject to hydrolysis) is 1. The van der Waals surface area contributed by atoms with Gasteiger partial charge in [0.25, 0.3) is 0 Å². The molecule has 0 radical (unpaired) electrons. The molecule has 2 amide bonds. The average molecular weight is 567 g/mol. The minimum Gasteiger partial charge on any atom is -0.444 e. The molecule has 0 aliphatic carbocycles. The molecular weight excluding hydrogens is 512 g/mol. The van der Waals surface area contributed by atoms with Gasteiger partial charge in [0.2, 0.25) is 0 Å². The number of aliphatic hydroxyl groups is 2. The number of amides is 2. The summed E-state index contributed by atoms with van der Waals surface area (Å²) in [4.78, 5) is 27.3. The van der Waals surface area contributed by atoms with Gasteiger partial charge in [-0.3, -0.25) is 0 Å². The van der Waals surface area contributed by atoms with Gasteiger partial charge < -0.3 is 34.6 Å². The number of hydrogen-bond donors (Lipinski definition) is 3. The molecule has 1 aliphatic heterocycles. The summed E-state index contributed by atoms with van der Waals surface area (Å²) < 4.78 is 16.6. The van der Waals surface area contributed by atoms with Crippen LogP contribution in [0.15, 0.2) is 42.2 Å². The Morgan fingerprint density at radius 1 is 1.25 bits per heavy atom. The van der Waals surface area contributed by atoms with Gasteiger partial charge >= 0.3 is 12.2 Å². The molecule has 4 atom stereocenters. The first-order valence-corrected chi connectivity index (χ1v) is 14.4. The van der Waals surface area contributed by atoms with Crippen molar-refractivity contribution in [3.63, 3.8) is 0 Å². The minimum absolute atomic E-state index is 0.0544. The van der Waals surface area contributed by atoms with E-state index in [1.165, 1.54) is 4.90 Å². The van der Waals surface area contributed by atoms with Crippen molar-refractivity contribution in [3.8, 4) is 0 Å². The number of nitrogens with zero attached hydrogens (tertiary/aromatic N) is 1. The van der Waals surface area contributed by atoms with E-state index in [1.807, 2.05) is 40.7 Å². The quantitative estimate of drug-likeness (QED) is 0.202. The summed E-state index contributed by atoms with van der Waals surface area (Å²) in [6, 6.07) is -0.797. The van der Waals surface area contributed by atoms with Gasteiger partial charge in [0.05, 0.1) is 31.9 Å². The predicted octanol–water partition coefficient (Wildman–Crippen LogP) is 5.38. The molecule has 4 unspecified atom stereocenters. The van der Waals surface area contributed by atoms with Crippen molar-refractivity contribution < 1.29 is 34.0 Å². The molecule has 9 nitrogen and oxygen atoms in total. The SMILES string of the molecule is C=CC=C=C/C(=C\C)CC(NC(=O)OC(CO)C1CCCOC1)C(O)CN(CC(C)C)C(=O)OC(C)(C)C.CC. The fraction of sp³-hybridized carbons (Fsp3) is 0.710. The van der Waals surface area contributed by atoms with Crippen molar-refractivity contribution in [3.05, 3.63) is 42.2 Å². The zero-order valence-electron chi connectivity index (χ0n) is 25.9. The first-order valence-electron chi connectivity index (χ1n) is 14.4. The topological polar surface area (TPSA) is 118 Å². The number of carbonyl (C=O) groups excluding carboxylic acids is 2. The number of allylic oxidation sites excluding steroid dienone is 3. The normalized spacial score (nSPS) is 17.7. The number of rotatable bonds is 13. The maximum atomic E-state index is 12.9. The lowest BCUT2D eigenvalue weighted by Crippen LogP contribution is -2.52. The highest BCUT2D eigenvalue weighted by atomic mass is 16.6. The molecule has 230 valence electrons. The lowest BCUT2D eigenvalue weighted by atomic mass is 9.96. The molecule has 0 saturated carbocycles. The summed E-state index contributed by atoms with van der Waals surface area (Å²) in [5.41, 5.74) is 3.10. The average Bonchev–Trinajstić information content (AvgIpc) is 2.90. The second-order valence-corrected chi connectivity index (χ2v) is 11.0. The van der Waals surface area contributed by atoms with E-state index in [2.05, 4.69) is 17.6 Å². The summed E-state index contributed by atoms with van der Waals surface area (Å²) in [6.07, 6.45) is 5.57. The Morgan fingerprint density at radius 2 is 1.93 bits per heavy atom. The number of carbonyl (C=O) groups is 2. The Labute approximate surface area is 241 Å². The van der Waals surface area contributed by atoms with E-state index in [0.29, 0.717) is 19.8 Å². The third-order valence-corrected chi connectivity index (χ3v) is 5.88. The number of hydrogen-bond acceptors (Lipinski definition) is 7. The molecule has 40 heavy (non-hydrogen) atoms. The minimum atomic E-state index is -1.13. The maximum absolute atomic E-state index is 12.9. The highest BCUT2D eigenvalue weighted by Gasteiger charge is 2.32. The Morgan fingerprint density at radius 3 is 2.42 bits per heavy atom. The molecule has 1 saturated heterocycles. The summed E-state index contributed by atoms with van der Waals surface area (Å²) in [5, 5.41) is 23.9. The molecule has 3 N–H and O–H groups in total. The third kappa shape index (κ3) is 15.9. The zero-order chi connectivity index (χ0) is 30.7. The molecule has 0 bridgehead atoms. The Kier molecular flexibility index (Phi) is 19.0. The predicted molar refractivity (Wildman–Crippen MR) is 159 cm³/mol. The molecule has 0 aromatic rings. The van der Waals surface area contributed by atoms with Crippen LogP contribution in [-0.4, -0.2) is 84.1 Å². The van der Waals surface area contributed by atoms with E-state index in [0.717, 1.165) is 18.4 Å². The van der Waals surface area contributed by atoms with Crippen molar-refractivity contribution in [2.45, 2.75) is 98.5 Å². The van der Waals surface area contributed by atoms with Gasteiger partial charge in [-0.05, 0) is 70.6 Å². The maximum Gasteiger partial charge on any atom is 0.410 e. The molecule has 9 heteroatoms. The zero-order valence-corrected chi connectivity index (χ0v) is 25.9. The van der Waals surface area contributed by atoms with Crippen LogP contribution in [0.25, 0.3) is 0 Å². The Bertz CT molecular complexity index is 835. The molecule has 0 aromatic carbocycles. The number of ether oxygens (including phenoxy) is 3. The highest BCUT2D eigenvalue weighted by Crippen LogP contribution is 2.21. The van der Waals surface area contributed by atoms with E-state index >= 15 is 0 Å². The summed E-state index contributed by atoms with van der Waals surface area (Å²) in [5.74, 6) is 0.0295. The highest BCUT2D eigenvalue weighted by molar-refractivity contribution is 5.69. The van der Waals surface area contributed by atoms with E-state index in [4.69, 9.17) is 14.2 Å². The van der Waals surface area contributed by atoms with Crippen molar-refractivity contribution in [1.82, 2.24) is 10.2 Å². The van der Waals surface area contributed by atoms with E-state index in [9.17, 15) is 19.8 Å². The largest absolute Gasteiger partial charge is 0.444 e. The van der Waals surface area contributed by atoms with Gasteiger partial charge in [0.15, 0.2) is 0 Å². The van der Waals surface area contributed by atoms with Crippen LogP contribution < -0.4 is 5.32 Å². The van der Waals surface area contributed by atoms with Crippen molar-refractivity contribution in [2.75, 3.05) is 32.9 Å². The molecule has 0 spiro atoms. The summed E-state index contributed by atoms with van der Waals surface area (Å²) in [6.45, 7) is 19.8. The fourth-order valence-corrected chi connectivity index (χ4v) is 4.03. The van der Waals surface area contributed by atoms with E-state index in [1.54, 1.807) is 39.0 Å². The van der Waals surface area contributed by atoms with Crippen LogP contribution >= 0.6 is 0 Å².